The van der Waals surface area contributed by atoms with Crippen LogP contribution in [0.1, 0.15) is 30.5 Å². The van der Waals surface area contributed by atoms with E-state index in [1.54, 1.807) is 43.3 Å². The third-order valence-corrected chi connectivity index (χ3v) is 12.7. The molecule has 0 radical (unpaired) electrons. The van der Waals surface area contributed by atoms with E-state index < -0.39 is 28.7 Å². The fourth-order valence-corrected chi connectivity index (χ4v) is 10.9. The second kappa shape index (κ2) is 13.9. The molecule has 1 N–H and O–H groups in total. The minimum Gasteiger partial charge on any atom is -0.394 e. The SMILES string of the molecule is C=CCN(Cn1nnc2ccccc21)C(=O)C1N([C@H](CO)c2ccccc2)C(=O)[C@@H]2[C@H](C(=O)N(CC=C)Cc3ccccc3)[C@@H]3CC(C)C12S3. The van der Waals surface area contributed by atoms with Crippen LogP contribution in [0, 0.1) is 17.8 Å². The topological polar surface area (TPSA) is 112 Å². The number of aromatic nitrogens is 3. The van der Waals surface area contributed by atoms with Crippen molar-refractivity contribution >= 4 is 40.5 Å². The zero-order valence-electron chi connectivity index (χ0n) is 28.1. The molecule has 3 fully saturated rings. The summed E-state index contributed by atoms with van der Waals surface area (Å²) in [5, 5.41) is 19.5. The zero-order valence-corrected chi connectivity index (χ0v) is 28.9. The second-order valence-electron chi connectivity index (χ2n) is 13.5. The molecule has 7 rings (SSSR count). The van der Waals surface area contributed by atoms with E-state index in [-0.39, 0.29) is 48.7 Å². The van der Waals surface area contributed by atoms with E-state index in [0.717, 1.165) is 16.6 Å². The van der Waals surface area contributed by atoms with Crippen LogP contribution < -0.4 is 0 Å². The molecule has 3 saturated heterocycles. The Hall–Kier alpha value is -4.74. The molecule has 10 nitrogen and oxygen atoms in total. The van der Waals surface area contributed by atoms with Gasteiger partial charge in [0.15, 0.2) is 0 Å². The Morgan fingerprint density at radius 3 is 2.34 bits per heavy atom. The third-order valence-electron chi connectivity index (χ3n) is 10.7. The predicted octanol–water partition coefficient (Wildman–Crippen LogP) is 4.69. The molecule has 3 aliphatic heterocycles. The largest absolute Gasteiger partial charge is 0.394 e. The monoisotopic (exact) mass is 690 g/mol. The van der Waals surface area contributed by atoms with Crippen molar-refractivity contribution in [2.45, 2.75) is 48.6 Å². The van der Waals surface area contributed by atoms with Gasteiger partial charge < -0.3 is 19.8 Å². The number of aliphatic hydroxyl groups excluding tert-OH is 1. The fourth-order valence-electron chi connectivity index (χ4n) is 8.52. The van der Waals surface area contributed by atoms with E-state index in [1.807, 2.05) is 84.9 Å². The Balaban J connectivity index is 1.32. The summed E-state index contributed by atoms with van der Waals surface area (Å²) in [5.74, 6) is -2.08. The standard InChI is InChI=1S/C39H42N6O4S/c1-4-20-42(23-27-14-8-6-9-15-27)36(47)33-32-22-26(3)39(50-32)34(33)37(48)45(31(24-46)28-16-10-7-11-17-28)35(39)38(49)43(21-5-2)25-44-30-19-13-12-18-29(30)40-41-44/h4-19,26,31-35,46H,1-2,20-25H2,3H3/t26?,31-,32+,33-,34+,35?,39?/m1/s1. The summed E-state index contributed by atoms with van der Waals surface area (Å²) in [6.07, 6.45) is 4.08. The van der Waals surface area contributed by atoms with Gasteiger partial charge in [-0.25, -0.2) is 4.68 Å². The van der Waals surface area contributed by atoms with Gasteiger partial charge in [-0.05, 0) is 35.6 Å². The molecule has 3 aliphatic rings. The van der Waals surface area contributed by atoms with Crippen molar-refractivity contribution in [3.63, 3.8) is 0 Å². The summed E-state index contributed by atoms with van der Waals surface area (Å²) < 4.78 is 0.789. The van der Waals surface area contributed by atoms with E-state index in [0.29, 0.717) is 25.0 Å². The summed E-state index contributed by atoms with van der Waals surface area (Å²) in [5.41, 5.74) is 3.19. The van der Waals surface area contributed by atoms with E-state index >= 15 is 9.59 Å². The van der Waals surface area contributed by atoms with Crippen molar-refractivity contribution in [2.24, 2.45) is 17.8 Å². The Morgan fingerprint density at radius 1 is 0.980 bits per heavy atom. The second-order valence-corrected chi connectivity index (χ2v) is 15.0. The molecule has 258 valence electrons. The molecule has 3 unspecified atom stereocenters. The summed E-state index contributed by atoms with van der Waals surface area (Å²) >= 11 is 1.62. The van der Waals surface area contributed by atoms with E-state index in [9.17, 15) is 9.90 Å². The molecule has 4 aromatic rings. The number of fused-ring (bicyclic) bond motifs is 2. The number of thioether (sulfide) groups is 1. The first-order valence-corrected chi connectivity index (χ1v) is 18.0. The van der Waals surface area contributed by atoms with E-state index in [2.05, 4.69) is 30.4 Å². The maximum atomic E-state index is 15.2. The van der Waals surface area contributed by atoms with Crippen LogP contribution in [-0.4, -0.2) is 88.3 Å². The maximum absolute atomic E-state index is 15.2. The normalized spacial score (nSPS) is 25.8. The first-order valence-electron chi connectivity index (χ1n) is 17.1. The van der Waals surface area contributed by atoms with Gasteiger partial charge in [0.1, 0.15) is 18.2 Å². The molecule has 2 bridgehead atoms. The lowest BCUT2D eigenvalue weighted by atomic mass is 9.65. The van der Waals surface area contributed by atoms with Gasteiger partial charge in [0, 0.05) is 24.9 Å². The Bertz CT molecular complexity index is 1900. The molecule has 1 aromatic heterocycles. The smallest absolute Gasteiger partial charge is 0.248 e. The number of aliphatic hydroxyl groups is 1. The number of para-hydroxylation sites is 1. The van der Waals surface area contributed by atoms with Gasteiger partial charge in [0.05, 0.1) is 34.7 Å². The fraction of sp³-hybridized carbons (Fsp3) is 0.359. The molecule has 3 aromatic carbocycles. The molecule has 0 saturated carbocycles. The number of amides is 3. The molecule has 4 heterocycles. The Kier molecular flexibility index (Phi) is 9.36. The van der Waals surface area contributed by atoms with Crippen molar-refractivity contribution in [2.75, 3.05) is 19.7 Å². The maximum Gasteiger partial charge on any atom is 0.248 e. The Morgan fingerprint density at radius 2 is 1.64 bits per heavy atom. The first-order chi connectivity index (χ1) is 24.3. The van der Waals surface area contributed by atoms with Crippen LogP contribution in [0.25, 0.3) is 11.0 Å². The van der Waals surface area contributed by atoms with Crippen molar-refractivity contribution in [1.29, 1.82) is 0 Å². The zero-order chi connectivity index (χ0) is 35.0. The highest BCUT2D eigenvalue weighted by molar-refractivity contribution is 8.02. The van der Waals surface area contributed by atoms with Gasteiger partial charge in [0.25, 0.3) is 0 Å². The predicted molar refractivity (Wildman–Crippen MR) is 193 cm³/mol. The number of hydrogen-bond acceptors (Lipinski definition) is 7. The molecule has 3 amide bonds. The lowest BCUT2D eigenvalue weighted by molar-refractivity contribution is -0.148. The van der Waals surface area contributed by atoms with Crippen LogP contribution in [0.15, 0.2) is 110 Å². The van der Waals surface area contributed by atoms with Crippen molar-refractivity contribution < 1.29 is 19.5 Å². The van der Waals surface area contributed by atoms with Crippen LogP contribution in [0.2, 0.25) is 0 Å². The van der Waals surface area contributed by atoms with Crippen LogP contribution in [0.3, 0.4) is 0 Å². The molecule has 1 spiro atoms. The number of carbonyl (C=O) groups is 3. The number of likely N-dealkylation sites (tertiary alicyclic amines) is 1. The van der Waals surface area contributed by atoms with Gasteiger partial charge in [0.2, 0.25) is 17.7 Å². The van der Waals surface area contributed by atoms with Crippen molar-refractivity contribution in [3.05, 3.63) is 121 Å². The lowest BCUT2D eigenvalue weighted by Gasteiger charge is -2.42. The number of hydrogen-bond donors (Lipinski definition) is 1. The van der Waals surface area contributed by atoms with Crippen molar-refractivity contribution in [1.82, 2.24) is 29.7 Å². The number of nitrogens with zero attached hydrogens (tertiary/aromatic N) is 6. The summed E-state index contributed by atoms with van der Waals surface area (Å²) in [7, 11) is 0. The highest BCUT2D eigenvalue weighted by Crippen LogP contribution is 2.69. The average Bonchev–Trinajstić information content (AvgIpc) is 3.86. The van der Waals surface area contributed by atoms with Crippen molar-refractivity contribution in [3.8, 4) is 0 Å². The van der Waals surface area contributed by atoms with Gasteiger partial charge in [-0.3, -0.25) is 14.4 Å². The Labute approximate surface area is 296 Å². The van der Waals surface area contributed by atoms with Gasteiger partial charge >= 0.3 is 0 Å². The van der Waals surface area contributed by atoms with E-state index in [4.69, 9.17) is 0 Å². The average molecular weight is 691 g/mol. The van der Waals surface area contributed by atoms with Gasteiger partial charge in [-0.2, -0.15) is 0 Å². The minimum atomic E-state index is -0.947. The van der Waals surface area contributed by atoms with Crippen LogP contribution >= 0.6 is 11.8 Å². The molecule has 50 heavy (non-hydrogen) atoms. The summed E-state index contributed by atoms with van der Waals surface area (Å²) in [4.78, 5) is 50.1. The molecule has 0 aliphatic carbocycles. The molecular formula is C39H42N6O4S. The minimum absolute atomic E-state index is 0.0516. The van der Waals surface area contributed by atoms with Crippen LogP contribution in [0.4, 0.5) is 0 Å². The third kappa shape index (κ3) is 5.52. The molecule has 7 atom stereocenters. The number of rotatable bonds is 13. The van der Waals surface area contributed by atoms with Crippen LogP contribution in [0.5, 0.6) is 0 Å². The first kappa shape index (κ1) is 33.7. The summed E-state index contributed by atoms with van der Waals surface area (Å²) in [6, 6.07) is 25.0. The highest BCUT2D eigenvalue weighted by atomic mass is 32.2. The van der Waals surface area contributed by atoms with Gasteiger partial charge in [-0.1, -0.05) is 97.1 Å². The summed E-state index contributed by atoms with van der Waals surface area (Å²) in [6.45, 7) is 10.6. The highest BCUT2D eigenvalue weighted by Gasteiger charge is 2.77. The molecule has 11 heteroatoms. The lowest BCUT2D eigenvalue weighted by Crippen LogP contribution is -2.58. The van der Waals surface area contributed by atoms with Crippen LogP contribution in [-0.2, 0) is 27.6 Å². The van der Waals surface area contributed by atoms with E-state index in [1.165, 1.54) is 0 Å². The quantitative estimate of drug-likeness (QED) is 0.203. The number of benzene rings is 3. The molecular weight excluding hydrogens is 649 g/mol. The van der Waals surface area contributed by atoms with Gasteiger partial charge in [-0.15, -0.1) is 30.0 Å². The number of carbonyl (C=O) groups excluding carboxylic acids is 3.